The summed E-state index contributed by atoms with van der Waals surface area (Å²) in [5.41, 5.74) is 0.512. The minimum Gasteiger partial charge on any atom is -0.442 e. The number of benzene rings is 2. The van der Waals surface area contributed by atoms with Gasteiger partial charge in [-0.15, -0.1) is 0 Å². The Balaban J connectivity index is 1.39. The van der Waals surface area contributed by atoms with Gasteiger partial charge in [0.1, 0.15) is 17.5 Å². The van der Waals surface area contributed by atoms with Crippen molar-refractivity contribution in [3.05, 3.63) is 58.4 Å². The molecular weight excluding hydrogens is 487 g/mol. The highest BCUT2D eigenvalue weighted by Gasteiger charge is 2.36. The molecule has 0 bridgehead atoms. The number of nitro benzene ring substituents is 1. The van der Waals surface area contributed by atoms with Crippen LogP contribution in [0.25, 0.3) is 0 Å². The van der Waals surface area contributed by atoms with Gasteiger partial charge in [0.15, 0.2) is 0 Å². The molecule has 1 atom stereocenters. The third kappa shape index (κ3) is 5.46. The molecule has 2 aliphatic rings. The van der Waals surface area contributed by atoms with Crippen molar-refractivity contribution >= 4 is 46.0 Å². The fraction of sp³-hybridized carbons (Fsp3) is 0.375. The van der Waals surface area contributed by atoms with Gasteiger partial charge in [-0.3, -0.25) is 15.0 Å². The smallest absolute Gasteiger partial charge is 0.414 e. The van der Waals surface area contributed by atoms with Crippen molar-refractivity contribution < 1.29 is 18.8 Å². The number of carbonyl (C=O) groups excluding carboxylic acids is 1. The van der Waals surface area contributed by atoms with E-state index in [1.54, 1.807) is 31.2 Å². The van der Waals surface area contributed by atoms with Crippen molar-refractivity contribution in [2.24, 2.45) is 0 Å². The number of thiocarbonyl (C=S) groups is 1. The van der Waals surface area contributed by atoms with Crippen LogP contribution in [0.5, 0.6) is 0 Å². The summed E-state index contributed by atoms with van der Waals surface area (Å²) in [4.78, 5) is 26.5. The first-order valence-corrected chi connectivity index (χ1v) is 11.8. The van der Waals surface area contributed by atoms with Gasteiger partial charge in [0.2, 0.25) is 0 Å². The predicted molar refractivity (Wildman–Crippen MR) is 137 cm³/mol. The Morgan fingerprint density at radius 3 is 2.58 bits per heavy atom. The second-order valence-corrected chi connectivity index (χ2v) is 9.41. The third-order valence-electron chi connectivity index (χ3n) is 6.33. The van der Waals surface area contributed by atoms with Crippen LogP contribution < -0.4 is 20.4 Å². The lowest BCUT2D eigenvalue weighted by atomic mass is 9.88. The van der Waals surface area contributed by atoms with Crippen LogP contribution in [0.4, 0.5) is 31.9 Å². The van der Waals surface area contributed by atoms with E-state index >= 15 is 4.39 Å². The third-order valence-corrected chi connectivity index (χ3v) is 6.47. The lowest BCUT2D eigenvalue weighted by molar-refractivity contribution is -0.384. The molecule has 2 heterocycles. The number of hydrogen-bond donors (Lipinski definition) is 2. The maximum Gasteiger partial charge on any atom is 0.414 e. The van der Waals surface area contributed by atoms with Gasteiger partial charge in [-0.05, 0) is 37.3 Å². The number of piperidine rings is 1. The average molecular weight is 513 g/mol. The molecule has 0 saturated carbocycles. The van der Waals surface area contributed by atoms with E-state index in [1.807, 2.05) is 4.90 Å². The number of cyclic esters (lactones) is 1. The first-order valence-electron chi connectivity index (χ1n) is 11.4. The van der Waals surface area contributed by atoms with E-state index in [-0.39, 0.29) is 18.3 Å². The Labute approximate surface area is 212 Å². The predicted octanol–water partition coefficient (Wildman–Crippen LogP) is 3.97. The topological polar surface area (TPSA) is 124 Å². The lowest BCUT2D eigenvalue weighted by Crippen LogP contribution is -2.48. The van der Waals surface area contributed by atoms with E-state index in [0.29, 0.717) is 54.5 Å². The first-order chi connectivity index (χ1) is 17.2. The number of nitro groups is 1. The molecule has 2 aromatic carbocycles. The second-order valence-electron chi connectivity index (χ2n) is 8.80. The molecule has 2 N–H and O–H groups in total. The molecule has 0 aliphatic carbocycles. The maximum atomic E-state index is 15.1. The van der Waals surface area contributed by atoms with Gasteiger partial charge < -0.3 is 20.3 Å². The average Bonchev–Trinajstić information content (AvgIpc) is 3.24. The Hall–Kier alpha value is -3.98. The summed E-state index contributed by atoms with van der Waals surface area (Å²) in [7, 11) is 0. The zero-order valence-electron chi connectivity index (χ0n) is 19.6. The van der Waals surface area contributed by atoms with Gasteiger partial charge in [-0.25, -0.2) is 9.18 Å². The van der Waals surface area contributed by atoms with Crippen LogP contribution in [0.15, 0.2) is 42.5 Å². The van der Waals surface area contributed by atoms with Crippen molar-refractivity contribution in [2.75, 3.05) is 41.3 Å². The Morgan fingerprint density at radius 2 is 2.00 bits per heavy atom. The number of ether oxygens (including phenoxy) is 1. The number of amides is 1. The molecule has 0 radical (unpaired) electrons. The number of nitrogens with one attached hydrogen (secondary N) is 2. The van der Waals surface area contributed by atoms with Gasteiger partial charge in [0.05, 0.1) is 40.4 Å². The molecule has 2 saturated heterocycles. The maximum absolute atomic E-state index is 15.1. The molecule has 1 amide bonds. The van der Waals surface area contributed by atoms with Crippen LogP contribution >= 0.6 is 12.2 Å². The molecule has 2 aromatic rings. The molecule has 4 rings (SSSR count). The number of carbonyl (C=O) groups is 1. The summed E-state index contributed by atoms with van der Waals surface area (Å²) in [5.74, 6) is -0.468. The highest BCUT2D eigenvalue weighted by atomic mass is 32.1. The van der Waals surface area contributed by atoms with Crippen molar-refractivity contribution in [1.82, 2.24) is 5.32 Å². The number of hydrogen-bond acceptors (Lipinski definition) is 8. The fourth-order valence-corrected chi connectivity index (χ4v) is 4.44. The summed E-state index contributed by atoms with van der Waals surface area (Å²) < 4.78 is 20.4. The summed E-state index contributed by atoms with van der Waals surface area (Å²) in [6.07, 6.45) is -0.0741. The van der Waals surface area contributed by atoms with Crippen molar-refractivity contribution in [2.45, 2.75) is 31.4 Å². The molecule has 188 valence electrons. The summed E-state index contributed by atoms with van der Waals surface area (Å²) in [6.45, 7) is 3.28. The van der Waals surface area contributed by atoms with Crippen molar-refractivity contribution in [3.8, 4) is 6.07 Å². The Kier molecular flexibility index (Phi) is 7.21. The van der Waals surface area contributed by atoms with E-state index in [9.17, 15) is 20.2 Å². The monoisotopic (exact) mass is 512 g/mol. The van der Waals surface area contributed by atoms with E-state index in [1.165, 1.54) is 23.1 Å². The standard InChI is InChI=1S/C24H25FN6O4S/c1-16(36)27-13-20-14-30(23(32)35-20)19-6-7-22(21(25)12-19)29-10-8-24(15-26,9-11-29)28-17-2-4-18(5-3-17)31(33)34/h2-7,12,20,28H,8-11,13-14H2,1H3,(H,27,36). The van der Waals surface area contributed by atoms with Gasteiger partial charge in [-0.1, -0.05) is 12.2 Å². The highest BCUT2D eigenvalue weighted by Crippen LogP contribution is 2.33. The largest absolute Gasteiger partial charge is 0.442 e. The molecule has 0 aromatic heterocycles. The van der Waals surface area contributed by atoms with Crippen LogP contribution in [0.2, 0.25) is 0 Å². The molecular formula is C24H25FN6O4S. The number of anilines is 3. The molecule has 2 aliphatic heterocycles. The van der Waals surface area contributed by atoms with Crippen LogP contribution in [0.1, 0.15) is 19.8 Å². The van der Waals surface area contributed by atoms with Gasteiger partial charge in [0.25, 0.3) is 5.69 Å². The van der Waals surface area contributed by atoms with Crippen LogP contribution in [0, 0.1) is 27.3 Å². The van der Waals surface area contributed by atoms with Crippen LogP contribution in [0.3, 0.4) is 0 Å². The SMILES string of the molecule is CC(=S)NCC1CN(c2ccc(N3CCC(C#N)(Nc4ccc([N+](=O)[O-])cc4)CC3)c(F)c2)C(=O)O1. The summed E-state index contributed by atoms with van der Waals surface area (Å²) in [5, 5.41) is 26.9. The minimum atomic E-state index is -0.869. The summed E-state index contributed by atoms with van der Waals surface area (Å²) in [6, 6.07) is 12.9. The molecule has 2 fully saturated rings. The zero-order valence-corrected chi connectivity index (χ0v) is 20.4. The number of nitriles is 1. The molecule has 12 heteroatoms. The van der Waals surface area contributed by atoms with Crippen molar-refractivity contribution in [3.63, 3.8) is 0 Å². The minimum absolute atomic E-state index is 0.0280. The number of rotatable bonds is 7. The van der Waals surface area contributed by atoms with Gasteiger partial charge in [0, 0.05) is 43.8 Å². The first kappa shape index (κ1) is 25.1. The number of nitrogens with zero attached hydrogens (tertiary/aromatic N) is 4. The van der Waals surface area contributed by atoms with E-state index < -0.39 is 22.4 Å². The lowest BCUT2D eigenvalue weighted by Gasteiger charge is -2.39. The molecule has 1 unspecified atom stereocenters. The van der Waals surface area contributed by atoms with Crippen LogP contribution in [-0.2, 0) is 4.74 Å². The van der Waals surface area contributed by atoms with Gasteiger partial charge in [-0.2, -0.15) is 5.26 Å². The number of non-ortho nitro benzene ring substituents is 1. The Bertz CT molecular complexity index is 1210. The van der Waals surface area contributed by atoms with Crippen LogP contribution in [-0.4, -0.2) is 53.8 Å². The van der Waals surface area contributed by atoms with E-state index in [2.05, 4.69) is 16.7 Å². The summed E-state index contributed by atoms with van der Waals surface area (Å²) >= 11 is 4.98. The van der Waals surface area contributed by atoms with Gasteiger partial charge >= 0.3 is 6.09 Å². The fourth-order valence-electron chi connectivity index (χ4n) is 4.35. The normalized spacial score (nSPS) is 18.8. The zero-order chi connectivity index (χ0) is 25.9. The van der Waals surface area contributed by atoms with E-state index in [0.717, 1.165) is 0 Å². The molecule has 0 spiro atoms. The Morgan fingerprint density at radius 1 is 1.31 bits per heavy atom. The quantitative estimate of drug-likeness (QED) is 0.322. The molecule has 36 heavy (non-hydrogen) atoms. The highest BCUT2D eigenvalue weighted by molar-refractivity contribution is 7.80. The molecule has 10 nitrogen and oxygen atoms in total. The second kappa shape index (κ2) is 10.3. The van der Waals surface area contributed by atoms with Crippen molar-refractivity contribution in [1.29, 1.82) is 5.26 Å². The number of halogens is 1. The van der Waals surface area contributed by atoms with E-state index in [4.69, 9.17) is 17.0 Å².